The number of carbonyl (C=O) groups excluding carboxylic acids is 1. The van der Waals surface area contributed by atoms with E-state index >= 15 is 0 Å². The molecule has 0 aromatic heterocycles. The average Bonchev–Trinajstić information content (AvgIpc) is 2.69. The third kappa shape index (κ3) is 5.61. The summed E-state index contributed by atoms with van der Waals surface area (Å²) in [4.78, 5) is 16.0. The highest BCUT2D eigenvalue weighted by Crippen LogP contribution is 2.27. The molecule has 0 aliphatic rings. The molecule has 0 atom stereocenters. The molecule has 2 aromatic carbocycles. The number of esters is 1. The fourth-order valence-corrected chi connectivity index (χ4v) is 2.30. The van der Waals surface area contributed by atoms with Crippen LogP contribution in [0.1, 0.15) is 11.1 Å². The quantitative estimate of drug-likeness (QED) is 0.204. The van der Waals surface area contributed by atoms with E-state index in [4.69, 9.17) is 27.4 Å². The molecule has 0 saturated carbocycles. The van der Waals surface area contributed by atoms with Crippen molar-refractivity contribution in [3.63, 3.8) is 0 Å². The summed E-state index contributed by atoms with van der Waals surface area (Å²) in [5.74, 6) is -0.327. The maximum absolute atomic E-state index is 12.3. The number of hydrogen-bond donors (Lipinski definition) is 1. The Balaban J connectivity index is 2.29. The Bertz CT molecular complexity index is 869. The van der Waals surface area contributed by atoms with E-state index in [9.17, 15) is 9.18 Å². The van der Waals surface area contributed by atoms with Gasteiger partial charge in [-0.25, -0.2) is 9.18 Å². The zero-order chi connectivity index (χ0) is 19.6. The molecule has 27 heavy (non-hydrogen) atoms. The second kappa shape index (κ2) is 10.0. The van der Waals surface area contributed by atoms with Crippen LogP contribution in [0.15, 0.2) is 65.9 Å². The minimum Gasteiger partial charge on any atom is -0.470 e. The molecule has 2 N–H and O–H groups in total. The van der Waals surface area contributed by atoms with E-state index in [1.54, 1.807) is 36.4 Å². The van der Waals surface area contributed by atoms with Crippen molar-refractivity contribution in [2.24, 2.45) is 10.7 Å². The monoisotopic (exact) mass is 388 g/mol. The lowest BCUT2D eigenvalue weighted by Gasteiger charge is -2.12. The fourth-order valence-electron chi connectivity index (χ4n) is 2.11. The van der Waals surface area contributed by atoms with Gasteiger partial charge in [0.05, 0.1) is 7.11 Å². The number of benzene rings is 2. The van der Waals surface area contributed by atoms with E-state index in [-0.39, 0.29) is 22.3 Å². The number of hydrogen-bond acceptors (Lipinski definition) is 5. The number of ether oxygens (including phenoxy) is 3. The van der Waals surface area contributed by atoms with E-state index in [1.807, 2.05) is 18.2 Å². The van der Waals surface area contributed by atoms with Gasteiger partial charge in [-0.05, 0) is 18.3 Å². The van der Waals surface area contributed by atoms with Gasteiger partial charge < -0.3 is 19.9 Å². The maximum Gasteiger partial charge on any atom is 0.341 e. The molecule has 0 radical (unpaired) electrons. The predicted octanol–water partition coefficient (Wildman–Crippen LogP) is 3.21. The third-order valence-electron chi connectivity index (χ3n) is 3.33. The first-order chi connectivity index (χ1) is 13.1. The van der Waals surface area contributed by atoms with Crippen LogP contribution in [0.2, 0.25) is 0 Å². The molecule has 6 nitrogen and oxygen atoms in total. The van der Waals surface area contributed by atoms with Crippen LogP contribution in [0.5, 0.6) is 5.75 Å². The molecule has 0 saturated heterocycles. The number of aliphatic imine (C=N–C) groups is 1. The van der Waals surface area contributed by atoms with Gasteiger partial charge in [0, 0.05) is 11.1 Å². The van der Waals surface area contributed by atoms with E-state index in [1.165, 1.54) is 7.11 Å². The first kappa shape index (κ1) is 20.1. The van der Waals surface area contributed by atoms with Gasteiger partial charge in [0.1, 0.15) is 23.4 Å². The highest BCUT2D eigenvalue weighted by atomic mass is 32.1. The molecule has 0 amide bonds. The van der Waals surface area contributed by atoms with Gasteiger partial charge in [-0.15, -0.1) is 0 Å². The Morgan fingerprint density at radius 1 is 1.19 bits per heavy atom. The normalized spacial score (nSPS) is 11.6. The first-order valence-corrected chi connectivity index (χ1v) is 8.14. The summed E-state index contributed by atoms with van der Waals surface area (Å²) in [7, 11) is 1.20. The number of methoxy groups -OCH3 is 1. The molecule has 0 unspecified atom stereocenters. The molecule has 8 heteroatoms. The summed E-state index contributed by atoms with van der Waals surface area (Å²) in [6.07, 6.45) is 0.957. The Labute approximate surface area is 161 Å². The average molecular weight is 388 g/mol. The van der Waals surface area contributed by atoms with Crippen LogP contribution in [0.25, 0.3) is 5.57 Å². The van der Waals surface area contributed by atoms with Crippen molar-refractivity contribution in [1.29, 1.82) is 0 Å². The molecule has 0 heterocycles. The van der Waals surface area contributed by atoms with Crippen LogP contribution in [0, 0.1) is 0 Å². The number of halogens is 1. The molecule has 2 aromatic rings. The highest BCUT2D eigenvalue weighted by molar-refractivity contribution is 7.80. The number of rotatable bonds is 6. The number of alkyl halides is 1. The Morgan fingerprint density at radius 2 is 1.85 bits per heavy atom. The van der Waals surface area contributed by atoms with Gasteiger partial charge in [0.25, 0.3) is 5.17 Å². The Hall–Kier alpha value is -3.26. The van der Waals surface area contributed by atoms with Gasteiger partial charge in [-0.2, -0.15) is 4.99 Å². The van der Waals surface area contributed by atoms with Gasteiger partial charge >= 0.3 is 5.97 Å². The number of nitrogens with zero attached hydrogens (tertiary/aromatic N) is 1. The molecule has 0 bridgehead atoms. The first-order valence-electron chi connectivity index (χ1n) is 7.73. The highest BCUT2D eigenvalue weighted by Gasteiger charge is 2.18. The third-order valence-corrected chi connectivity index (χ3v) is 3.50. The summed E-state index contributed by atoms with van der Waals surface area (Å²) in [6, 6.07) is 15.5. The topological polar surface area (TPSA) is 83.1 Å². The van der Waals surface area contributed by atoms with Crippen LogP contribution in [0.3, 0.4) is 0 Å². The Kier molecular flexibility index (Phi) is 7.45. The van der Waals surface area contributed by atoms with Crippen LogP contribution < -0.4 is 10.5 Å². The van der Waals surface area contributed by atoms with Crippen molar-refractivity contribution >= 4 is 34.8 Å². The summed E-state index contributed by atoms with van der Waals surface area (Å²) in [5.41, 5.74) is 6.87. The fraction of sp³-hybridized carbons (Fsp3) is 0.105. The van der Waals surface area contributed by atoms with Crippen LogP contribution >= 0.6 is 12.2 Å². The lowest BCUT2D eigenvalue weighted by molar-refractivity contribution is -0.133. The number of carbonyl (C=O) groups is 1. The van der Waals surface area contributed by atoms with Crippen molar-refractivity contribution in [3.8, 4) is 5.75 Å². The molecular weight excluding hydrogens is 371 g/mol. The van der Waals surface area contributed by atoms with Crippen molar-refractivity contribution < 1.29 is 23.4 Å². The van der Waals surface area contributed by atoms with Gasteiger partial charge in [0.2, 0.25) is 6.86 Å². The molecule has 0 aliphatic heterocycles. The minimum absolute atomic E-state index is 0.0337. The van der Waals surface area contributed by atoms with Crippen LogP contribution in [0.4, 0.5) is 4.39 Å². The van der Waals surface area contributed by atoms with Gasteiger partial charge in [0.15, 0.2) is 0 Å². The smallest absolute Gasteiger partial charge is 0.341 e. The number of thiocarbonyl (C=S) groups is 1. The summed E-state index contributed by atoms with van der Waals surface area (Å²) >= 11 is 5.12. The minimum atomic E-state index is -1.10. The van der Waals surface area contributed by atoms with Crippen LogP contribution in [-0.4, -0.2) is 30.9 Å². The second-order valence-electron chi connectivity index (χ2n) is 5.03. The zero-order valence-electron chi connectivity index (χ0n) is 14.4. The van der Waals surface area contributed by atoms with Crippen LogP contribution in [-0.2, 0) is 14.3 Å². The largest absolute Gasteiger partial charge is 0.470 e. The van der Waals surface area contributed by atoms with Gasteiger partial charge in [-0.3, -0.25) is 0 Å². The standard InChI is InChI=1S/C19H17FN2O4S/c1-24-18(23)15(11-25-12-20)14-9-5-6-10-16(14)26-19(27)22-17(21)13-7-3-2-4-8-13/h2-11H,12H2,1H3,(H2,21,22,27)/b15-11+. The van der Waals surface area contributed by atoms with E-state index in [0.29, 0.717) is 11.1 Å². The van der Waals surface area contributed by atoms with Gasteiger partial charge in [-0.1, -0.05) is 48.5 Å². The Morgan fingerprint density at radius 3 is 2.52 bits per heavy atom. The van der Waals surface area contributed by atoms with Crippen molar-refractivity contribution in [3.05, 3.63) is 72.0 Å². The number of nitrogens with two attached hydrogens (primary N) is 1. The van der Waals surface area contributed by atoms with Crippen molar-refractivity contribution in [2.45, 2.75) is 0 Å². The van der Waals surface area contributed by atoms with Crippen molar-refractivity contribution in [2.75, 3.05) is 14.0 Å². The summed E-state index contributed by atoms with van der Waals surface area (Å²) < 4.78 is 27.2. The molecule has 2 rings (SSSR count). The lowest BCUT2D eigenvalue weighted by Crippen LogP contribution is -2.17. The zero-order valence-corrected chi connectivity index (χ0v) is 15.2. The maximum atomic E-state index is 12.3. The molecular formula is C19H17FN2O4S. The lowest BCUT2D eigenvalue weighted by atomic mass is 10.1. The van der Waals surface area contributed by atoms with E-state index < -0.39 is 12.8 Å². The summed E-state index contributed by atoms with van der Waals surface area (Å²) in [6.45, 7) is -1.10. The number of amidine groups is 1. The van der Waals surface area contributed by atoms with E-state index in [2.05, 4.69) is 9.73 Å². The van der Waals surface area contributed by atoms with E-state index in [0.717, 1.165) is 6.26 Å². The molecule has 0 fully saturated rings. The number of para-hydroxylation sites is 1. The summed E-state index contributed by atoms with van der Waals surface area (Å²) in [5, 5.41) is -0.153. The molecule has 140 valence electrons. The molecule has 0 spiro atoms. The predicted molar refractivity (Wildman–Crippen MR) is 104 cm³/mol. The van der Waals surface area contributed by atoms with Crippen molar-refractivity contribution in [1.82, 2.24) is 0 Å². The molecule has 0 aliphatic carbocycles. The SMILES string of the molecule is COC(=O)/C(=C/OCF)c1ccccc1OC(=S)/N=C(\N)c1ccccc1. The second-order valence-corrected chi connectivity index (χ2v) is 5.38.